The zero-order chi connectivity index (χ0) is 20.5. The van der Waals surface area contributed by atoms with Gasteiger partial charge in [-0.25, -0.2) is 0 Å². The normalized spacial score (nSPS) is 15.5. The molecule has 156 valence electrons. The van der Waals surface area contributed by atoms with E-state index in [1.54, 1.807) is 30.5 Å². The van der Waals surface area contributed by atoms with Crippen LogP contribution in [0.25, 0.3) is 0 Å². The number of carbonyl (C=O) groups excluding carboxylic acids is 2. The van der Waals surface area contributed by atoms with Gasteiger partial charge in [0.1, 0.15) is 11.5 Å². The lowest BCUT2D eigenvalue weighted by Crippen LogP contribution is -2.43. The van der Waals surface area contributed by atoms with E-state index in [1.165, 1.54) is 6.42 Å². The van der Waals surface area contributed by atoms with E-state index in [1.807, 2.05) is 19.1 Å². The number of benzene rings is 1. The highest BCUT2D eigenvalue weighted by Crippen LogP contribution is 2.24. The summed E-state index contributed by atoms with van der Waals surface area (Å²) < 4.78 is 11.0. The predicted molar refractivity (Wildman–Crippen MR) is 110 cm³/mol. The number of piperidine rings is 1. The fourth-order valence-corrected chi connectivity index (χ4v) is 3.53. The summed E-state index contributed by atoms with van der Waals surface area (Å²) in [5.41, 5.74) is 0.489. The molecule has 2 amide bonds. The second-order valence-electron chi connectivity index (χ2n) is 7.07. The summed E-state index contributed by atoms with van der Waals surface area (Å²) >= 11 is 0. The molecule has 0 spiro atoms. The average molecular weight is 399 g/mol. The van der Waals surface area contributed by atoms with Gasteiger partial charge in [0.25, 0.3) is 5.91 Å². The van der Waals surface area contributed by atoms with Crippen molar-refractivity contribution in [1.29, 1.82) is 0 Å². The van der Waals surface area contributed by atoms with Gasteiger partial charge in [-0.05, 0) is 69.3 Å². The van der Waals surface area contributed by atoms with Crippen LogP contribution in [0.1, 0.15) is 48.3 Å². The standard InChI is InChI=1S/C22H29N3O4/c1-2-28-18-10-8-17(9-11-18)22(27)24-16-21(26)23-15-19(20-7-6-14-29-20)25-12-4-3-5-13-25/h6-11,14,19H,2-5,12-13,15-16H2,1H3,(H,23,26)(H,24,27). The number of amides is 2. The number of furan rings is 1. The van der Waals surface area contributed by atoms with Crippen molar-refractivity contribution in [2.45, 2.75) is 32.2 Å². The van der Waals surface area contributed by atoms with Crippen LogP contribution < -0.4 is 15.4 Å². The van der Waals surface area contributed by atoms with Gasteiger partial charge in [-0.15, -0.1) is 0 Å². The van der Waals surface area contributed by atoms with Crippen LogP contribution >= 0.6 is 0 Å². The first-order chi connectivity index (χ1) is 14.2. The third-order valence-electron chi connectivity index (χ3n) is 5.03. The third kappa shape index (κ3) is 6.09. The molecule has 1 aromatic carbocycles. The number of hydrogen-bond donors (Lipinski definition) is 2. The van der Waals surface area contributed by atoms with Crippen LogP contribution in [0.3, 0.4) is 0 Å². The van der Waals surface area contributed by atoms with Crippen LogP contribution in [-0.4, -0.2) is 49.5 Å². The maximum atomic E-state index is 12.3. The molecule has 3 rings (SSSR count). The molecule has 2 N–H and O–H groups in total. The Bertz CT molecular complexity index is 768. The molecule has 1 unspecified atom stereocenters. The van der Waals surface area contributed by atoms with Crippen molar-refractivity contribution >= 4 is 11.8 Å². The Balaban J connectivity index is 1.48. The molecule has 0 aliphatic carbocycles. The minimum atomic E-state index is -0.290. The second kappa shape index (κ2) is 10.7. The van der Waals surface area contributed by atoms with Gasteiger partial charge in [0.05, 0.1) is 25.5 Å². The lowest BCUT2D eigenvalue weighted by atomic mass is 10.1. The molecular weight excluding hydrogens is 370 g/mol. The highest BCUT2D eigenvalue weighted by Gasteiger charge is 2.24. The zero-order valence-electron chi connectivity index (χ0n) is 16.9. The van der Waals surface area contributed by atoms with Gasteiger partial charge in [0.15, 0.2) is 0 Å². The Labute approximate surface area is 171 Å². The van der Waals surface area contributed by atoms with Gasteiger partial charge >= 0.3 is 0 Å². The molecule has 7 nitrogen and oxygen atoms in total. The smallest absolute Gasteiger partial charge is 0.251 e. The molecule has 0 bridgehead atoms. The van der Waals surface area contributed by atoms with Crippen molar-refractivity contribution in [1.82, 2.24) is 15.5 Å². The third-order valence-corrected chi connectivity index (χ3v) is 5.03. The lowest BCUT2D eigenvalue weighted by Gasteiger charge is -2.33. The van der Waals surface area contributed by atoms with E-state index in [0.29, 0.717) is 24.5 Å². The Morgan fingerprint density at radius 1 is 1.10 bits per heavy atom. The van der Waals surface area contributed by atoms with E-state index in [4.69, 9.17) is 9.15 Å². The maximum Gasteiger partial charge on any atom is 0.251 e. The van der Waals surface area contributed by atoms with Gasteiger partial charge in [0, 0.05) is 12.1 Å². The summed E-state index contributed by atoms with van der Waals surface area (Å²) in [5.74, 6) is 1.05. The monoisotopic (exact) mass is 399 g/mol. The largest absolute Gasteiger partial charge is 0.494 e. The van der Waals surface area contributed by atoms with Crippen molar-refractivity contribution in [3.63, 3.8) is 0 Å². The number of hydrogen-bond acceptors (Lipinski definition) is 5. The molecular formula is C22H29N3O4. The average Bonchev–Trinajstić information content (AvgIpc) is 3.28. The highest BCUT2D eigenvalue weighted by molar-refractivity contribution is 5.96. The van der Waals surface area contributed by atoms with Crippen molar-refractivity contribution in [2.24, 2.45) is 0 Å². The van der Waals surface area contributed by atoms with Crippen LogP contribution in [0.15, 0.2) is 47.1 Å². The minimum absolute atomic E-state index is 0.0102. The fourth-order valence-electron chi connectivity index (χ4n) is 3.53. The summed E-state index contributed by atoms with van der Waals surface area (Å²) in [6, 6.07) is 10.7. The number of nitrogens with one attached hydrogen (secondary N) is 2. The number of rotatable bonds is 9. The quantitative estimate of drug-likeness (QED) is 0.677. The van der Waals surface area contributed by atoms with E-state index in [9.17, 15) is 9.59 Å². The van der Waals surface area contributed by atoms with Crippen LogP contribution in [0, 0.1) is 0 Å². The molecule has 1 aliphatic heterocycles. The van der Waals surface area contributed by atoms with E-state index < -0.39 is 0 Å². The fraction of sp³-hybridized carbons (Fsp3) is 0.455. The first-order valence-electron chi connectivity index (χ1n) is 10.2. The summed E-state index contributed by atoms with van der Waals surface area (Å²) in [5, 5.41) is 5.59. The summed E-state index contributed by atoms with van der Waals surface area (Å²) in [6.07, 6.45) is 5.21. The van der Waals surface area contributed by atoms with Gasteiger partial charge in [-0.2, -0.15) is 0 Å². The highest BCUT2D eigenvalue weighted by atomic mass is 16.5. The van der Waals surface area contributed by atoms with Crippen LogP contribution in [0.5, 0.6) is 5.75 Å². The molecule has 2 aromatic rings. The molecule has 2 heterocycles. The second-order valence-corrected chi connectivity index (χ2v) is 7.07. The first kappa shape index (κ1) is 20.9. The van der Waals surface area contributed by atoms with Crippen LogP contribution in [-0.2, 0) is 4.79 Å². The lowest BCUT2D eigenvalue weighted by molar-refractivity contribution is -0.120. The molecule has 1 atom stereocenters. The van der Waals surface area contributed by atoms with Crippen molar-refractivity contribution < 1.29 is 18.7 Å². The number of likely N-dealkylation sites (tertiary alicyclic amines) is 1. The molecule has 1 aliphatic rings. The van der Waals surface area contributed by atoms with Gasteiger partial charge < -0.3 is 19.8 Å². The van der Waals surface area contributed by atoms with Gasteiger partial charge in [-0.1, -0.05) is 6.42 Å². The summed E-state index contributed by atoms with van der Waals surface area (Å²) in [7, 11) is 0. The zero-order valence-corrected chi connectivity index (χ0v) is 16.9. The number of nitrogens with zero attached hydrogens (tertiary/aromatic N) is 1. The van der Waals surface area contributed by atoms with Crippen molar-refractivity contribution in [3.05, 3.63) is 54.0 Å². The number of carbonyl (C=O) groups is 2. The van der Waals surface area contributed by atoms with E-state index in [-0.39, 0.29) is 24.4 Å². The first-order valence-corrected chi connectivity index (χ1v) is 10.2. The molecule has 29 heavy (non-hydrogen) atoms. The van der Waals surface area contributed by atoms with Crippen LogP contribution in [0.2, 0.25) is 0 Å². The predicted octanol–water partition coefficient (Wildman–Crippen LogP) is 2.75. The van der Waals surface area contributed by atoms with Crippen LogP contribution in [0.4, 0.5) is 0 Å². The maximum absolute atomic E-state index is 12.3. The Hall–Kier alpha value is -2.80. The van der Waals surface area contributed by atoms with E-state index >= 15 is 0 Å². The van der Waals surface area contributed by atoms with Gasteiger partial charge in [-0.3, -0.25) is 14.5 Å². The molecule has 0 radical (unpaired) electrons. The molecule has 0 saturated carbocycles. The van der Waals surface area contributed by atoms with Crippen molar-refractivity contribution in [3.8, 4) is 5.75 Å². The summed E-state index contributed by atoms with van der Waals surface area (Å²) in [4.78, 5) is 26.9. The SMILES string of the molecule is CCOc1ccc(C(=O)NCC(=O)NCC(c2ccco2)N2CCCCC2)cc1. The minimum Gasteiger partial charge on any atom is -0.494 e. The van der Waals surface area contributed by atoms with Crippen molar-refractivity contribution in [2.75, 3.05) is 32.8 Å². The van der Waals surface area contributed by atoms with E-state index in [2.05, 4.69) is 15.5 Å². The Kier molecular flexibility index (Phi) is 7.69. The molecule has 1 fully saturated rings. The molecule has 1 saturated heterocycles. The molecule has 1 aromatic heterocycles. The van der Waals surface area contributed by atoms with E-state index in [0.717, 1.165) is 31.7 Å². The number of ether oxygens (including phenoxy) is 1. The Morgan fingerprint density at radius 2 is 1.86 bits per heavy atom. The Morgan fingerprint density at radius 3 is 2.52 bits per heavy atom. The summed E-state index contributed by atoms with van der Waals surface area (Å²) in [6.45, 7) is 4.84. The molecule has 7 heteroatoms. The topological polar surface area (TPSA) is 83.8 Å². The van der Waals surface area contributed by atoms with Gasteiger partial charge in [0.2, 0.25) is 5.91 Å².